The van der Waals surface area contributed by atoms with E-state index in [1.165, 1.54) is 16.4 Å². The van der Waals surface area contributed by atoms with Crippen molar-refractivity contribution in [2.24, 2.45) is 0 Å². The van der Waals surface area contributed by atoms with E-state index >= 15 is 0 Å². The first-order valence-electron chi connectivity index (χ1n) is 9.76. The molecule has 0 aromatic heterocycles. The number of benzene rings is 2. The number of sulfonamides is 1. The Kier molecular flexibility index (Phi) is 5.81. The van der Waals surface area contributed by atoms with E-state index in [0.29, 0.717) is 29.9 Å². The molecule has 9 heteroatoms. The number of piperidine rings is 1. The lowest BCUT2D eigenvalue weighted by Gasteiger charge is -2.26. The van der Waals surface area contributed by atoms with E-state index in [9.17, 15) is 18.0 Å². The highest BCUT2D eigenvalue weighted by Crippen LogP contribution is 2.33. The quantitative estimate of drug-likeness (QED) is 0.703. The van der Waals surface area contributed by atoms with Crippen LogP contribution in [0.5, 0.6) is 0 Å². The Hall–Kier alpha value is -2.42. The van der Waals surface area contributed by atoms with Gasteiger partial charge >= 0.3 is 5.97 Å². The number of ether oxygens (including phenoxy) is 1. The van der Waals surface area contributed by atoms with Crippen molar-refractivity contribution in [1.29, 1.82) is 0 Å². The molecule has 2 aromatic carbocycles. The number of fused-ring (bicyclic) bond motifs is 1. The molecule has 7 nitrogen and oxygen atoms in total. The summed E-state index contributed by atoms with van der Waals surface area (Å²) in [6.07, 6.45) is 1.89. The van der Waals surface area contributed by atoms with E-state index in [1.54, 1.807) is 30.3 Å². The number of halogens is 1. The maximum atomic E-state index is 13.0. The monoisotopic (exact) mass is 448 g/mol. The van der Waals surface area contributed by atoms with Gasteiger partial charge in [-0.25, -0.2) is 13.2 Å². The van der Waals surface area contributed by atoms with Crippen molar-refractivity contribution in [3.63, 3.8) is 0 Å². The molecule has 158 valence electrons. The molecule has 2 heterocycles. The van der Waals surface area contributed by atoms with Crippen molar-refractivity contribution < 1.29 is 22.7 Å². The minimum absolute atomic E-state index is 0.0264. The van der Waals surface area contributed by atoms with E-state index in [2.05, 4.69) is 5.32 Å². The molecule has 4 rings (SSSR count). The Labute approximate surface area is 180 Å². The van der Waals surface area contributed by atoms with Gasteiger partial charge in [-0.1, -0.05) is 36.2 Å². The first-order chi connectivity index (χ1) is 14.4. The second-order valence-corrected chi connectivity index (χ2v) is 9.66. The molecule has 1 fully saturated rings. The number of cyclic esters (lactones) is 1. The molecule has 0 saturated carbocycles. The van der Waals surface area contributed by atoms with Crippen LogP contribution < -0.4 is 5.32 Å². The van der Waals surface area contributed by atoms with Crippen molar-refractivity contribution in [1.82, 2.24) is 4.31 Å². The van der Waals surface area contributed by atoms with Crippen LogP contribution in [-0.2, 0) is 19.6 Å². The van der Waals surface area contributed by atoms with Gasteiger partial charge in [-0.3, -0.25) is 4.79 Å². The number of esters is 1. The highest BCUT2D eigenvalue weighted by Gasteiger charge is 2.32. The fourth-order valence-electron chi connectivity index (χ4n) is 3.77. The van der Waals surface area contributed by atoms with Crippen LogP contribution in [0.15, 0.2) is 47.4 Å². The third-order valence-corrected chi connectivity index (χ3v) is 7.68. The van der Waals surface area contributed by atoms with Crippen molar-refractivity contribution in [2.45, 2.75) is 36.7 Å². The normalized spacial score (nSPS) is 19.2. The Balaban J connectivity index is 1.50. The fourth-order valence-corrected chi connectivity index (χ4v) is 5.79. The molecule has 2 aliphatic heterocycles. The number of amides is 1. The summed E-state index contributed by atoms with van der Waals surface area (Å²) in [5.41, 5.74) is 1.44. The summed E-state index contributed by atoms with van der Waals surface area (Å²) in [4.78, 5) is 24.4. The van der Waals surface area contributed by atoms with Gasteiger partial charge in [0.15, 0.2) is 0 Å². The third kappa shape index (κ3) is 4.08. The average Bonchev–Trinajstić information content (AvgIpc) is 3.05. The number of rotatable bonds is 5. The van der Waals surface area contributed by atoms with Crippen LogP contribution in [0.3, 0.4) is 0 Å². The molecule has 0 aliphatic carbocycles. The number of nitrogens with zero attached hydrogens (tertiary/aromatic N) is 1. The molecule has 1 amide bonds. The van der Waals surface area contributed by atoms with Gasteiger partial charge in [-0.15, -0.1) is 0 Å². The summed E-state index contributed by atoms with van der Waals surface area (Å²) in [5, 5.41) is 2.79. The van der Waals surface area contributed by atoms with Crippen molar-refractivity contribution in [2.75, 3.05) is 18.4 Å². The van der Waals surface area contributed by atoms with Gasteiger partial charge in [-0.05, 0) is 37.1 Å². The molecule has 0 bridgehead atoms. The number of anilines is 1. The first-order valence-corrected chi connectivity index (χ1v) is 11.6. The number of hydrogen-bond donors (Lipinski definition) is 1. The van der Waals surface area contributed by atoms with Crippen LogP contribution in [0.25, 0.3) is 0 Å². The first kappa shape index (κ1) is 20.8. The lowest BCUT2D eigenvalue weighted by molar-refractivity contribution is -0.118. The van der Waals surface area contributed by atoms with E-state index in [-0.39, 0.29) is 16.3 Å². The topological polar surface area (TPSA) is 92.8 Å². The number of hydrogen-bond acceptors (Lipinski definition) is 5. The van der Waals surface area contributed by atoms with Crippen LogP contribution in [0.4, 0.5) is 5.69 Å². The van der Waals surface area contributed by atoms with Crippen LogP contribution >= 0.6 is 11.6 Å². The van der Waals surface area contributed by atoms with Crippen molar-refractivity contribution in [3.05, 3.63) is 58.6 Å². The van der Waals surface area contributed by atoms with Gasteiger partial charge in [0.25, 0.3) is 0 Å². The molecule has 0 spiro atoms. The maximum absolute atomic E-state index is 13.0. The Morgan fingerprint density at radius 2 is 1.87 bits per heavy atom. The average molecular weight is 449 g/mol. The van der Waals surface area contributed by atoms with Gasteiger partial charge in [0.2, 0.25) is 15.9 Å². The summed E-state index contributed by atoms with van der Waals surface area (Å²) in [6.45, 7) is 0.920. The summed E-state index contributed by atoms with van der Waals surface area (Å²) >= 11 is 6.17. The minimum atomic E-state index is -3.74. The molecule has 1 N–H and O–H groups in total. The van der Waals surface area contributed by atoms with Crippen LogP contribution in [0, 0.1) is 0 Å². The van der Waals surface area contributed by atoms with Crippen molar-refractivity contribution >= 4 is 39.2 Å². The molecular weight excluding hydrogens is 428 g/mol. The predicted octanol–water partition coefficient (Wildman–Crippen LogP) is 3.75. The predicted molar refractivity (Wildman–Crippen MR) is 112 cm³/mol. The minimum Gasteiger partial charge on any atom is -0.453 e. The molecule has 1 saturated heterocycles. The summed E-state index contributed by atoms with van der Waals surface area (Å²) in [5.74, 6) is -0.849. The summed E-state index contributed by atoms with van der Waals surface area (Å²) in [6, 6.07) is 11.3. The van der Waals surface area contributed by atoms with Gasteiger partial charge in [0.05, 0.1) is 17.0 Å². The lowest BCUT2D eigenvalue weighted by Crippen LogP contribution is -2.35. The van der Waals surface area contributed by atoms with E-state index < -0.39 is 28.0 Å². The Bertz CT molecular complexity index is 1100. The summed E-state index contributed by atoms with van der Waals surface area (Å²) in [7, 11) is -3.74. The zero-order chi connectivity index (χ0) is 21.3. The van der Waals surface area contributed by atoms with E-state index in [4.69, 9.17) is 16.3 Å². The number of nitrogens with one attached hydrogen (secondary N) is 1. The molecule has 30 heavy (non-hydrogen) atoms. The maximum Gasteiger partial charge on any atom is 0.339 e. The zero-order valence-electron chi connectivity index (χ0n) is 16.1. The van der Waals surface area contributed by atoms with E-state index in [0.717, 1.165) is 19.3 Å². The second kappa shape index (κ2) is 8.37. The van der Waals surface area contributed by atoms with Crippen LogP contribution in [-0.4, -0.2) is 37.7 Å². The molecule has 1 atom stereocenters. The smallest absolute Gasteiger partial charge is 0.339 e. The molecular formula is C21H21ClN2O5S. The molecule has 2 aliphatic rings. The van der Waals surface area contributed by atoms with Gasteiger partial charge in [0, 0.05) is 24.3 Å². The standard InChI is InChI=1S/C21H21ClN2O5S/c22-17-9-8-14(12-19(17)30(27,28)24-10-4-1-5-11-24)23-20(25)13-18-15-6-2-3-7-16(15)21(26)29-18/h2-3,6-9,12,18H,1,4-5,10-11,13H2,(H,23,25). The second-order valence-electron chi connectivity index (χ2n) is 7.34. The largest absolute Gasteiger partial charge is 0.453 e. The SMILES string of the molecule is O=C(CC1OC(=O)c2ccccc21)Nc1ccc(Cl)c(S(=O)(=O)N2CCCCC2)c1. The highest BCUT2D eigenvalue weighted by molar-refractivity contribution is 7.89. The van der Waals surface area contributed by atoms with Crippen LogP contribution in [0.2, 0.25) is 5.02 Å². The Morgan fingerprint density at radius 3 is 2.63 bits per heavy atom. The van der Waals surface area contributed by atoms with E-state index in [1.807, 2.05) is 0 Å². The van der Waals surface area contributed by atoms with Crippen molar-refractivity contribution in [3.8, 4) is 0 Å². The fraction of sp³-hybridized carbons (Fsp3) is 0.333. The molecule has 1 unspecified atom stereocenters. The third-order valence-electron chi connectivity index (χ3n) is 5.30. The summed E-state index contributed by atoms with van der Waals surface area (Å²) < 4.78 is 32.7. The van der Waals surface area contributed by atoms with Gasteiger partial charge in [-0.2, -0.15) is 4.31 Å². The van der Waals surface area contributed by atoms with Gasteiger partial charge in [0.1, 0.15) is 11.0 Å². The number of carbonyl (C=O) groups excluding carboxylic acids is 2. The zero-order valence-corrected chi connectivity index (χ0v) is 17.7. The molecule has 2 aromatic rings. The highest BCUT2D eigenvalue weighted by atomic mass is 35.5. The van der Waals surface area contributed by atoms with Gasteiger partial charge < -0.3 is 10.1 Å². The molecule has 0 radical (unpaired) electrons. The lowest BCUT2D eigenvalue weighted by atomic mass is 10.0. The number of carbonyl (C=O) groups is 2. The van der Waals surface area contributed by atoms with Crippen LogP contribution in [0.1, 0.15) is 47.7 Å². The Morgan fingerprint density at radius 1 is 1.13 bits per heavy atom.